The molecule has 2 aromatic heterocycles. The summed E-state index contributed by atoms with van der Waals surface area (Å²) < 4.78 is 58.4. The average molecular weight is 354 g/mol. The van der Waals surface area contributed by atoms with E-state index in [4.69, 9.17) is 4.52 Å². The molecule has 25 heavy (non-hydrogen) atoms. The van der Waals surface area contributed by atoms with Crippen molar-refractivity contribution in [3.63, 3.8) is 0 Å². The van der Waals surface area contributed by atoms with Gasteiger partial charge in [-0.2, -0.15) is 18.3 Å². The highest BCUT2D eigenvalue weighted by atomic mass is 19.4. The molecule has 9 heteroatoms. The lowest BCUT2D eigenvalue weighted by Crippen LogP contribution is -2.06. The molecule has 2 heterocycles. The maximum absolute atomic E-state index is 14.4. The summed E-state index contributed by atoms with van der Waals surface area (Å²) >= 11 is 0. The van der Waals surface area contributed by atoms with Gasteiger partial charge in [-0.1, -0.05) is 5.16 Å². The van der Waals surface area contributed by atoms with Crippen LogP contribution in [0.1, 0.15) is 17.0 Å². The second-order valence-corrected chi connectivity index (χ2v) is 5.51. The van der Waals surface area contributed by atoms with Crippen LogP contribution in [0.2, 0.25) is 0 Å². The highest BCUT2D eigenvalue weighted by Crippen LogP contribution is 2.32. The van der Waals surface area contributed by atoms with E-state index in [0.29, 0.717) is 12.2 Å². The highest BCUT2D eigenvalue weighted by Gasteiger charge is 2.35. The minimum absolute atomic E-state index is 0.0391. The normalized spacial score (nSPS) is 11.8. The molecule has 5 nitrogen and oxygen atoms in total. The van der Waals surface area contributed by atoms with Crippen LogP contribution in [0.3, 0.4) is 0 Å². The molecule has 0 saturated carbocycles. The number of nitrogens with zero attached hydrogens (tertiary/aromatic N) is 3. The van der Waals surface area contributed by atoms with Gasteiger partial charge < -0.3 is 9.84 Å². The third kappa shape index (κ3) is 3.49. The van der Waals surface area contributed by atoms with Gasteiger partial charge in [0, 0.05) is 30.4 Å². The van der Waals surface area contributed by atoms with Crippen LogP contribution in [0, 0.1) is 12.7 Å². The summed E-state index contributed by atoms with van der Waals surface area (Å²) in [4.78, 5) is 0. The maximum Gasteiger partial charge on any atom is 0.435 e. The lowest BCUT2D eigenvalue weighted by atomic mass is 10.1. The molecule has 0 unspecified atom stereocenters. The second kappa shape index (κ2) is 6.23. The van der Waals surface area contributed by atoms with Crippen molar-refractivity contribution in [1.29, 1.82) is 0 Å². The molecular weight excluding hydrogens is 340 g/mol. The third-order valence-electron chi connectivity index (χ3n) is 3.75. The van der Waals surface area contributed by atoms with Crippen LogP contribution in [0.15, 0.2) is 35.1 Å². The lowest BCUT2D eigenvalue weighted by Gasteiger charge is -2.08. The topological polar surface area (TPSA) is 55.9 Å². The first-order valence-electron chi connectivity index (χ1n) is 7.30. The quantitative estimate of drug-likeness (QED) is 0.715. The van der Waals surface area contributed by atoms with Crippen LogP contribution in [-0.4, -0.2) is 14.9 Å². The molecule has 0 saturated heterocycles. The van der Waals surface area contributed by atoms with E-state index < -0.39 is 17.7 Å². The monoisotopic (exact) mass is 354 g/mol. The highest BCUT2D eigenvalue weighted by molar-refractivity contribution is 5.64. The van der Waals surface area contributed by atoms with E-state index in [1.165, 1.54) is 25.4 Å². The molecular formula is C16H14F4N4O. The number of benzene rings is 1. The number of hydrogen-bond acceptors (Lipinski definition) is 4. The van der Waals surface area contributed by atoms with Crippen molar-refractivity contribution in [1.82, 2.24) is 14.9 Å². The smallest absolute Gasteiger partial charge is 0.381 e. The summed E-state index contributed by atoms with van der Waals surface area (Å²) in [6.45, 7) is 2.17. The average Bonchev–Trinajstić information content (AvgIpc) is 3.11. The van der Waals surface area contributed by atoms with Gasteiger partial charge in [-0.3, -0.25) is 4.68 Å². The van der Waals surface area contributed by atoms with Crippen LogP contribution in [-0.2, 0) is 19.8 Å². The molecule has 0 aliphatic carbocycles. The molecule has 1 N–H and O–H groups in total. The zero-order valence-electron chi connectivity index (χ0n) is 13.4. The van der Waals surface area contributed by atoms with Gasteiger partial charge in [0.15, 0.2) is 5.69 Å². The maximum atomic E-state index is 14.4. The first-order valence-corrected chi connectivity index (χ1v) is 7.30. The number of anilines is 1. The number of alkyl halides is 3. The number of nitrogens with one attached hydrogen (secondary N) is 1. The third-order valence-corrected chi connectivity index (χ3v) is 3.75. The van der Waals surface area contributed by atoms with Crippen molar-refractivity contribution in [2.45, 2.75) is 19.6 Å². The largest absolute Gasteiger partial charge is 0.435 e. The summed E-state index contributed by atoms with van der Waals surface area (Å²) in [5.74, 6) is -0.649. The SMILES string of the molecule is Cc1nocc1CNc1ccc(-c2cc(C(F)(F)F)nn2C)c(F)c1. The number of hydrogen-bond donors (Lipinski definition) is 1. The van der Waals surface area contributed by atoms with Gasteiger partial charge in [0.1, 0.15) is 12.1 Å². The molecule has 0 aliphatic rings. The molecule has 0 atom stereocenters. The first-order chi connectivity index (χ1) is 11.8. The molecule has 0 amide bonds. The Morgan fingerprint density at radius 2 is 2.00 bits per heavy atom. The van der Waals surface area contributed by atoms with E-state index in [9.17, 15) is 17.6 Å². The molecule has 0 bridgehead atoms. The zero-order valence-corrected chi connectivity index (χ0v) is 13.4. The lowest BCUT2D eigenvalue weighted by molar-refractivity contribution is -0.141. The number of aryl methyl sites for hydroxylation is 2. The van der Waals surface area contributed by atoms with E-state index in [1.807, 2.05) is 0 Å². The zero-order chi connectivity index (χ0) is 18.2. The molecule has 0 aliphatic heterocycles. The molecule has 0 spiro atoms. The van der Waals surface area contributed by atoms with E-state index >= 15 is 0 Å². The summed E-state index contributed by atoms with van der Waals surface area (Å²) in [7, 11) is 1.34. The summed E-state index contributed by atoms with van der Waals surface area (Å²) in [6.07, 6.45) is -3.09. The van der Waals surface area contributed by atoms with Crippen molar-refractivity contribution >= 4 is 5.69 Å². The Balaban J connectivity index is 1.83. The Morgan fingerprint density at radius 1 is 1.24 bits per heavy atom. The van der Waals surface area contributed by atoms with E-state index in [0.717, 1.165) is 22.0 Å². The first kappa shape index (κ1) is 17.0. The Bertz CT molecular complexity index is 898. The van der Waals surface area contributed by atoms with Gasteiger partial charge in [-0.25, -0.2) is 4.39 Å². The molecule has 0 fully saturated rings. The Hall–Kier alpha value is -2.84. The van der Waals surface area contributed by atoms with Crippen LogP contribution >= 0.6 is 0 Å². The van der Waals surface area contributed by atoms with E-state index in [-0.39, 0.29) is 11.3 Å². The molecule has 0 radical (unpaired) electrons. The molecule has 132 valence electrons. The van der Waals surface area contributed by atoms with Crippen molar-refractivity contribution in [2.24, 2.45) is 7.05 Å². The van der Waals surface area contributed by atoms with Crippen LogP contribution in [0.4, 0.5) is 23.2 Å². The Morgan fingerprint density at radius 3 is 2.56 bits per heavy atom. The standard InChI is InChI=1S/C16H14F4N4O/c1-9-10(8-25-23-9)7-21-11-3-4-12(13(17)5-11)14-6-15(16(18,19)20)22-24(14)2/h3-6,8,21H,7H2,1-2H3. The van der Waals surface area contributed by atoms with E-state index in [2.05, 4.69) is 15.6 Å². The molecule has 1 aromatic carbocycles. The summed E-state index contributed by atoms with van der Waals surface area (Å²) in [5.41, 5.74) is 1.06. The van der Waals surface area contributed by atoms with Gasteiger partial charge in [0.25, 0.3) is 0 Å². The summed E-state index contributed by atoms with van der Waals surface area (Å²) in [6, 6.07) is 5.04. The van der Waals surface area contributed by atoms with E-state index in [1.54, 1.807) is 13.0 Å². The van der Waals surface area contributed by atoms with Crippen molar-refractivity contribution in [3.8, 4) is 11.3 Å². The second-order valence-electron chi connectivity index (χ2n) is 5.51. The predicted octanol–water partition coefficient (Wildman–Crippen LogP) is 4.15. The minimum Gasteiger partial charge on any atom is -0.381 e. The summed E-state index contributed by atoms with van der Waals surface area (Å²) in [5, 5.41) is 10.1. The van der Waals surface area contributed by atoms with Gasteiger partial charge in [-0.05, 0) is 31.2 Å². The number of aromatic nitrogens is 3. The van der Waals surface area contributed by atoms with Crippen molar-refractivity contribution in [3.05, 3.63) is 53.3 Å². The van der Waals surface area contributed by atoms with Crippen LogP contribution in [0.25, 0.3) is 11.3 Å². The number of rotatable bonds is 4. The Labute approximate surface area is 140 Å². The van der Waals surface area contributed by atoms with Crippen molar-refractivity contribution < 1.29 is 22.1 Å². The molecule has 3 aromatic rings. The fourth-order valence-electron chi connectivity index (χ4n) is 2.37. The van der Waals surface area contributed by atoms with Gasteiger partial charge in [-0.15, -0.1) is 0 Å². The van der Waals surface area contributed by atoms with Gasteiger partial charge in [0.2, 0.25) is 0 Å². The minimum atomic E-state index is -4.58. The predicted molar refractivity (Wildman–Crippen MR) is 82.2 cm³/mol. The van der Waals surface area contributed by atoms with Gasteiger partial charge in [0.05, 0.1) is 11.4 Å². The van der Waals surface area contributed by atoms with Crippen molar-refractivity contribution in [2.75, 3.05) is 5.32 Å². The van der Waals surface area contributed by atoms with Crippen LogP contribution in [0.5, 0.6) is 0 Å². The Kier molecular flexibility index (Phi) is 4.23. The van der Waals surface area contributed by atoms with Crippen LogP contribution < -0.4 is 5.32 Å². The fraction of sp³-hybridized carbons (Fsp3) is 0.250. The molecule has 3 rings (SSSR count). The number of halogens is 4. The van der Waals surface area contributed by atoms with Gasteiger partial charge >= 0.3 is 6.18 Å². The fourth-order valence-corrected chi connectivity index (χ4v) is 2.37.